The Labute approximate surface area is 139 Å². The maximum atomic E-state index is 12.5. The third-order valence-corrected chi connectivity index (χ3v) is 3.70. The lowest BCUT2D eigenvalue weighted by atomic mass is 10.1. The number of methoxy groups -OCH3 is 1. The molecule has 0 bridgehead atoms. The molecule has 2 heterocycles. The van der Waals surface area contributed by atoms with Gasteiger partial charge in [-0.05, 0) is 24.6 Å². The Hall–Kier alpha value is -3.09. The Morgan fingerprint density at radius 3 is 2.62 bits per heavy atom. The van der Waals surface area contributed by atoms with E-state index in [0.29, 0.717) is 11.6 Å². The number of benzene rings is 1. The van der Waals surface area contributed by atoms with Gasteiger partial charge in [0.05, 0.1) is 7.11 Å². The molecule has 0 spiro atoms. The van der Waals surface area contributed by atoms with Gasteiger partial charge in [0.2, 0.25) is 0 Å². The lowest BCUT2D eigenvalue weighted by Crippen LogP contribution is -2.31. The molecule has 1 unspecified atom stereocenters. The third-order valence-electron chi connectivity index (χ3n) is 3.70. The SMILES string of the molecule is COc1ccc(C(NC(=O)c2cc(C)on2)c2nccn2C)cc1. The van der Waals surface area contributed by atoms with Crippen molar-refractivity contribution in [1.29, 1.82) is 0 Å². The van der Waals surface area contributed by atoms with Crippen molar-refractivity contribution in [2.24, 2.45) is 7.05 Å². The van der Waals surface area contributed by atoms with Gasteiger partial charge in [0.25, 0.3) is 5.91 Å². The minimum absolute atomic E-state index is 0.236. The van der Waals surface area contributed by atoms with Crippen molar-refractivity contribution < 1.29 is 14.1 Å². The Morgan fingerprint density at radius 2 is 2.08 bits per heavy atom. The summed E-state index contributed by atoms with van der Waals surface area (Å²) < 4.78 is 12.0. The molecule has 3 rings (SSSR count). The van der Waals surface area contributed by atoms with Gasteiger partial charge >= 0.3 is 0 Å². The molecular weight excluding hydrogens is 308 g/mol. The van der Waals surface area contributed by atoms with Crippen LogP contribution in [0.2, 0.25) is 0 Å². The number of carbonyl (C=O) groups is 1. The fourth-order valence-electron chi connectivity index (χ4n) is 2.43. The monoisotopic (exact) mass is 326 g/mol. The van der Waals surface area contributed by atoms with E-state index in [4.69, 9.17) is 9.26 Å². The van der Waals surface area contributed by atoms with Crippen LogP contribution in [-0.4, -0.2) is 27.7 Å². The summed E-state index contributed by atoms with van der Waals surface area (Å²) in [6.07, 6.45) is 3.52. The van der Waals surface area contributed by atoms with E-state index in [2.05, 4.69) is 15.5 Å². The van der Waals surface area contributed by atoms with Crippen LogP contribution in [0.1, 0.15) is 33.7 Å². The van der Waals surface area contributed by atoms with E-state index in [-0.39, 0.29) is 11.6 Å². The van der Waals surface area contributed by atoms with Gasteiger partial charge in [-0.3, -0.25) is 4.79 Å². The van der Waals surface area contributed by atoms with Gasteiger partial charge < -0.3 is 19.1 Å². The second-order valence-electron chi connectivity index (χ2n) is 5.40. The van der Waals surface area contributed by atoms with Crippen molar-refractivity contribution in [2.45, 2.75) is 13.0 Å². The number of carbonyl (C=O) groups excluding carboxylic acids is 1. The van der Waals surface area contributed by atoms with Crippen molar-refractivity contribution in [2.75, 3.05) is 7.11 Å². The molecule has 7 heteroatoms. The fourth-order valence-corrected chi connectivity index (χ4v) is 2.43. The number of rotatable bonds is 5. The van der Waals surface area contributed by atoms with E-state index in [9.17, 15) is 4.79 Å². The van der Waals surface area contributed by atoms with Crippen LogP contribution in [0.3, 0.4) is 0 Å². The van der Waals surface area contributed by atoms with Crippen molar-refractivity contribution in [1.82, 2.24) is 20.0 Å². The van der Waals surface area contributed by atoms with Crippen LogP contribution >= 0.6 is 0 Å². The summed E-state index contributed by atoms with van der Waals surface area (Å²) in [5.74, 6) is 1.72. The van der Waals surface area contributed by atoms with Gasteiger partial charge in [0.15, 0.2) is 5.69 Å². The van der Waals surface area contributed by atoms with Crippen LogP contribution in [-0.2, 0) is 7.05 Å². The molecule has 1 aromatic carbocycles. The van der Waals surface area contributed by atoms with Crippen LogP contribution in [0.15, 0.2) is 47.2 Å². The summed E-state index contributed by atoms with van der Waals surface area (Å²) in [5.41, 5.74) is 1.12. The molecule has 0 aliphatic rings. The molecule has 3 aromatic rings. The number of ether oxygens (including phenoxy) is 1. The van der Waals surface area contributed by atoms with E-state index in [0.717, 1.165) is 11.3 Å². The molecule has 0 radical (unpaired) electrons. The summed E-state index contributed by atoms with van der Waals surface area (Å²) in [4.78, 5) is 16.8. The van der Waals surface area contributed by atoms with Crippen molar-refractivity contribution in [3.63, 3.8) is 0 Å². The number of hydrogen-bond donors (Lipinski definition) is 1. The summed E-state index contributed by atoms with van der Waals surface area (Å²) in [5, 5.41) is 6.72. The molecule has 0 saturated heterocycles. The molecule has 1 N–H and O–H groups in total. The van der Waals surface area contributed by atoms with E-state index in [1.54, 1.807) is 26.3 Å². The summed E-state index contributed by atoms with van der Waals surface area (Å²) >= 11 is 0. The van der Waals surface area contributed by atoms with Crippen molar-refractivity contribution in [3.05, 3.63) is 65.6 Å². The maximum Gasteiger partial charge on any atom is 0.274 e. The zero-order valence-electron chi connectivity index (χ0n) is 13.7. The highest BCUT2D eigenvalue weighted by Crippen LogP contribution is 2.23. The van der Waals surface area contributed by atoms with E-state index in [1.807, 2.05) is 42.1 Å². The largest absolute Gasteiger partial charge is 0.497 e. The summed E-state index contributed by atoms with van der Waals surface area (Å²) in [6, 6.07) is 8.66. The number of nitrogens with zero attached hydrogens (tertiary/aromatic N) is 3. The number of nitrogens with one attached hydrogen (secondary N) is 1. The second kappa shape index (κ2) is 6.57. The highest BCUT2D eigenvalue weighted by Gasteiger charge is 2.23. The molecular formula is C17H18N4O3. The smallest absolute Gasteiger partial charge is 0.274 e. The number of aromatic nitrogens is 3. The van der Waals surface area contributed by atoms with Crippen LogP contribution in [0.4, 0.5) is 0 Å². The first-order valence-electron chi connectivity index (χ1n) is 7.44. The van der Waals surface area contributed by atoms with E-state index in [1.165, 1.54) is 0 Å². The van der Waals surface area contributed by atoms with E-state index < -0.39 is 6.04 Å². The van der Waals surface area contributed by atoms with Crippen LogP contribution < -0.4 is 10.1 Å². The van der Waals surface area contributed by atoms with Gasteiger partial charge in [-0.2, -0.15) is 0 Å². The molecule has 0 aliphatic carbocycles. The molecule has 0 fully saturated rings. The molecule has 24 heavy (non-hydrogen) atoms. The van der Waals surface area contributed by atoms with Gasteiger partial charge in [-0.25, -0.2) is 4.98 Å². The lowest BCUT2D eigenvalue weighted by molar-refractivity contribution is 0.0932. The fraction of sp³-hybridized carbons (Fsp3) is 0.235. The highest BCUT2D eigenvalue weighted by molar-refractivity contribution is 5.92. The maximum absolute atomic E-state index is 12.5. The van der Waals surface area contributed by atoms with Crippen molar-refractivity contribution in [3.8, 4) is 5.75 Å². The first kappa shape index (κ1) is 15.8. The Bertz CT molecular complexity index is 836. The summed E-state index contributed by atoms with van der Waals surface area (Å²) in [7, 11) is 3.49. The number of amides is 1. The molecule has 7 nitrogen and oxygen atoms in total. The Morgan fingerprint density at radius 1 is 1.33 bits per heavy atom. The minimum atomic E-state index is -0.416. The third kappa shape index (κ3) is 3.15. The lowest BCUT2D eigenvalue weighted by Gasteiger charge is -2.18. The number of hydrogen-bond acceptors (Lipinski definition) is 5. The van der Waals surface area contributed by atoms with Crippen LogP contribution in [0, 0.1) is 6.92 Å². The van der Waals surface area contributed by atoms with Crippen LogP contribution in [0.25, 0.3) is 0 Å². The topological polar surface area (TPSA) is 82.2 Å². The molecule has 2 aromatic heterocycles. The average molecular weight is 326 g/mol. The van der Waals surface area contributed by atoms with Gasteiger partial charge in [0.1, 0.15) is 23.4 Å². The van der Waals surface area contributed by atoms with Crippen molar-refractivity contribution >= 4 is 5.91 Å². The zero-order valence-corrected chi connectivity index (χ0v) is 13.7. The minimum Gasteiger partial charge on any atom is -0.497 e. The molecule has 124 valence electrons. The molecule has 1 atom stereocenters. The normalized spacial score (nSPS) is 12.0. The highest BCUT2D eigenvalue weighted by atomic mass is 16.5. The Balaban J connectivity index is 1.93. The molecule has 1 amide bonds. The van der Waals surface area contributed by atoms with Gasteiger partial charge in [0, 0.05) is 25.5 Å². The molecule has 0 saturated carbocycles. The second-order valence-corrected chi connectivity index (χ2v) is 5.40. The zero-order chi connectivity index (χ0) is 17.1. The average Bonchev–Trinajstić information content (AvgIpc) is 3.21. The van der Waals surface area contributed by atoms with Gasteiger partial charge in [-0.15, -0.1) is 0 Å². The van der Waals surface area contributed by atoms with E-state index >= 15 is 0 Å². The first-order chi connectivity index (χ1) is 11.6. The number of aryl methyl sites for hydroxylation is 2. The molecule has 0 aliphatic heterocycles. The summed E-state index contributed by atoms with van der Waals surface area (Å²) in [6.45, 7) is 1.74. The first-order valence-corrected chi connectivity index (χ1v) is 7.44. The van der Waals surface area contributed by atoms with Gasteiger partial charge in [-0.1, -0.05) is 17.3 Å². The quantitative estimate of drug-likeness (QED) is 0.777. The van der Waals surface area contributed by atoms with Crippen LogP contribution in [0.5, 0.6) is 5.75 Å². The predicted octanol–water partition coefficient (Wildman–Crippen LogP) is 2.24. The number of imidazole rings is 1. The predicted molar refractivity (Wildman–Crippen MR) is 86.8 cm³/mol. The standard InChI is InChI=1S/C17H18N4O3/c1-11-10-14(20-24-11)17(22)19-15(16-18-8-9-21(16)2)12-4-6-13(23-3)7-5-12/h4-10,15H,1-3H3,(H,19,22). The Kier molecular flexibility index (Phi) is 4.33.